The fourth-order valence-electron chi connectivity index (χ4n) is 0.249. The highest BCUT2D eigenvalue weighted by atomic mass is 35.6. The van der Waals surface area contributed by atoms with E-state index in [9.17, 15) is 4.79 Å². The van der Waals surface area contributed by atoms with Gasteiger partial charge in [0, 0.05) is 0 Å². The first-order valence-corrected chi connectivity index (χ1v) is 4.04. The second-order valence-corrected chi connectivity index (χ2v) is 5.70. The van der Waals surface area contributed by atoms with Crippen LogP contribution in [0, 0.1) is 0 Å². The van der Waals surface area contributed by atoms with Gasteiger partial charge in [-0.25, -0.2) is 0 Å². The molecule has 0 aliphatic heterocycles. The van der Waals surface area contributed by atoms with E-state index < -0.39 is 13.9 Å². The van der Waals surface area contributed by atoms with Crippen LogP contribution in [0.15, 0.2) is 0 Å². The molecule has 6 heteroatoms. The SMILES string of the molecule is CC(Cl)(Cl)C(=O)C(Cl)(Cl)Cl. The normalized spacial score (nSPS) is 13.4. The van der Waals surface area contributed by atoms with Gasteiger partial charge in [-0.3, -0.25) is 4.79 Å². The third-order valence-electron chi connectivity index (χ3n) is 0.656. The highest BCUT2D eigenvalue weighted by Crippen LogP contribution is 2.36. The monoisotopic (exact) mass is 242 g/mol. The van der Waals surface area contributed by atoms with Gasteiger partial charge in [-0.15, -0.1) is 0 Å². The van der Waals surface area contributed by atoms with E-state index in [4.69, 9.17) is 58.0 Å². The van der Waals surface area contributed by atoms with Crippen molar-refractivity contribution in [2.24, 2.45) is 0 Å². The van der Waals surface area contributed by atoms with Gasteiger partial charge in [-0.05, 0) is 6.92 Å². The summed E-state index contributed by atoms with van der Waals surface area (Å²) in [6.07, 6.45) is 0. The minimum atomic E-state index is -2.04. The standard InChI is InChI=1S/C4H3Cl5O/c1-3(5,6)2(10)4(7,8)9/h1H3. The molecule has 0 saturated carbocycles. The van der Waals surface area contributed by atoms with Crippen molar-refractivity contribution in [3.63, 3.8) is 0 Å². The molecule has 0 unspecified atom stereocenters. The molecule has 0 heterocycles. The van der Waals surface area contributed by atoms with Gasteiger partial charge in [0.05, 0.1) is 0 Å². The fraction of sp³-hybridized carbons (Fsp3) is 0.750. The average molecular weight is 244 g/mol. The number of halogens is 5. The van der Waals surface area contributed by atoms with E-state index in [-0.39, 0.29) is 0 Å². The molecule has 0 radical (unpaired) electrons. The van der Waals surface area contributed by atoms with Crippen LogP contribution in [0.5, 0.6) is 0 Å². The van der Waals surface area contributed by atoms with Crippen LogP contribution >= 0.6 is 58.0 Å². The van der Waals surface area contributed by atoms with Crippen LogP contribution in [0.1, 0.15) is 6.92 Å². The first-order chi connectivity index (χ1) is 4.15. The zero-order valence-electron chi connectivity index (χ0n) is 4.80. The van der Waals surface area contributed by atoms with Crippen LogP contribution in [-0.4, -0.2) is 13.9 Å². The summed E-state index contributed by atoms with van der Waals surface area (Å²) in [6.45, 7) is 1.24. The molecular formula is C4H3Cl5O. The van der Waals surface area contributed by atoms with E-state index in [1.165, 1.54) is 6.92 Å². The van der Waals surface area contributed by atoms with E-state index in [1.807, 2.05) is 0 Å². The molecule has 0 fully saturated rings. The van der Waals surface area contributed by atoms with Gasteiger partial charge in [0.1, 0.15) is 0 Å². The predicted molar refractivity (Wildman–Crippen MR) is 45.4 cm³/mol. The molecule has 0 rings (SSSR count). The first kappa shape index (κ1) is 11.1. The zero-order chi connectivity index (χ0) is 8.58. The lowest BCUT2D eigenvalue weighted by Gasteiger charge is -2.16. The Hall–Kier alpha value is 1.12. The summed E-state index contributed by atoms with van der Waals surface area (Å²) in [5.74, 6) is -0.853. The smallest absolute Gasteiger partial charge is 0.251 e. The Bertz CT molecular complexity index is 125. The topological polar surface area (TPSA) is 17.1 Å². The molecule has 0 aliphatic rings. The van der Waals surface area contributed by atoms with E-state index >= 15 is 0 Å². The minimum absolute atomic E-state index is 0.853. The van der Waals surface area contributed by atoms with Crippen molar-refractivity contribution in [3.8, 4) is 0 Å². The maximum absolute atomic E-state index is 10.8. The third-order valence-corrected chi connectivity index (χ3v) is 1.51. The van der Waals surface area contributed by atoms with Gasteiger partial charge in [0.25, 0.3) is 3.79 Å². The van der Waals surface area contributed by atoms with Crippen molar-refractivity contribution < 1.29 is 4.79 Å². The predicted octanol–water partition coefficient (Wildman–Crippen LogP) is 3.12. The van der Waals surface area contributed by atoms with Crippen molar-refractivity contribution in [1.29, 1.82) is 0 Å². The summed E-state index contributed by atoms with van der Waals surface area (Å²) >= 11 is 26.2. The van der Waals surface area contributed by atoms with Crippen molar-refractivity contribution in [2.45, 2.75) is 15.0 Å². The lowest BCUT2D eigenvalue weighted by atomic mass is 10.3. The number of hydrogen-bond donors (Lipinski definition) is 0. The molecule has 0 amide bonds. The molecule has 60 valence electrons. The number of ketones is 1. The van der Waals surface area contributed by atoms with Crippen molar-refractivity contribution >= 4 is 63.8 Å². The van der Waals surface area contributed by atoms with E-state index in [1.54, 1.807) is 0 Å². The van der Waals surface area contributed by atoms with Gasteiger partial charge < -0.3 is 0 Å². The molecule has 0 atom stereocenters. The Labute approximate surface area is 83.5 Å². The number of carbonyl (C=O) groups is 1. The molecule has 10 heavy (non-hydrogen) atoms. The molecule has 0 aromatic rings. The summed E-state index contributed by atoms with van der Waals surface area (Å²) in [6, 6.07) is 0. The Morgan fingerprint density at radius 2 is 1.40 bits per heavy atom. The van der Waals surface area contributed by atoms with Crippen LogP contribution in [0.4, 0.5) is 0 Å². The van der Waals surface area contributed by atoms with Gasteiger partial charge in [-0.1, -0.05) is 58.0 Å². The molecule has 0 saturated heterocycles. The lowest BCUT2D eigenvalue weighted by molar-refractivity contribution is -0.118. The van der Waals surface area contributed by atoms with Crippen LogP contribution in [0.3, 0.4) is 0 Å². The molecule has 0 N–H and O–H groups in total. The minimum Gasteiger partial charge on any atom is -0.291 e. The molecular weight excluding hydrogens is 241 g/mol. The number of carbonyl (C=O) groups excluding carboxylic acids is 1. The highest BCUT2D eigenvalue weighted by Gasteiger charge is 2.42. The Morgan fingerprint density at radius 3 is 1.40 bits per heavy atom. The molecule has 0 aromatic carbocycles. The van der Waals surface area contributed by atoms with Crippen molar-refractivity contribution in [2.75, 3.05) is 0 Å². The second-order valence-electron chi connectivity index (χ2n) is 1.72. The lowest BCUT2D eigenvalue weighted by Crippen LogP contribution is -2.33. The summed E-state index contributed by atoms with van der Waals surface area (Å²) in [5, 5.41) is 0. The van der Waals surface area contributed by atoms with Crippen LogP contribution in [-0.2, 0) is 4.79 Å². The number of Topliss-reactive ketones (excluding diaryl/α,β-unsaturated/α-hetero) is 1. The molecule has 0 spiro atoms. The third kappa shape index (κ3) is 3.49. The van der Waals surface area contributed by atoms with E-state index in [2.05, 4.69) is 0 Å². The number of alkyl halides is 5. The first-order valence-electron chi connectivity index (χ1n) is 2.15. The fourth-order valence-corrected chi connectivity index (χ4v) is 1.39. The second kappa shape index (κ2) is 3.24. The maximum atomic E-state index is 10.8. The van der Waals surface area contributed by atoms with Crippen molar-refractivity contribution in [3.05, 3.63) is 0 Å². The van der Waals surface area contributed by atoms with Crippen molar-refractivity contribution in [1.82, 2.24) is 0 Å². The van der Waals surface area contributed by atoms with E-state index in [0.717, 1.165) is 0 Å². The molecule has 0 bridgehead atoms. The Morgan fingerprint density at radius 1 is 1.10 bits per heavy atom. The van der Waals surface area contributed by atoms with Gasteiger partial charge in [0.2, 0.25) is 5.78 Å². The number of hydrogen-bond acceptors (Lipinski definition) is 1. The van der Waals surface area contributed by atoms with Crippen LogP contribution < -0.4 is 0 Å². The quantitative estimate of drug-likeness (QED) is 0.648. The molecule has 0 aromatic heterocycles. The number of rotatable bonds is 1. The van der Waals surface area contributed by atoms with E-state index in [0.29, 0.717) is 0 Å². The largest absolute Gasteiger partial charge is 0.291 e. The van der Waals surface area contributed by atoms with Gasteiger partial charge in [0.15, 0.2) is 4.33 Å². The summed E-state index contributed by atoms with van der Waals surface area (Å²) in [5.41, 5.74) is 0. The Balaban J connectivity index is 4.40. The Kier molecular flexibility index (Phi) is 3.60. The zero-order valence-corrected chi connectivity index (χ0v) is 8.58. The van der Waals surface area contributed by atoms with Crippen LogP contribution in [0.25, 0.3) is 0 Å². The highest BCUT2D eigenvalue weighted by molar-refractivity contribution is 6.80. The summed E-state index contributed by atoms with van der Waals surface area (Å²) in [7, 11) is 0. The summed E-state index contributed by atoms with van der Waals surface area (Å²) < 4.78 is -3.69. The van der Waals surface area contributed by atoms with Crippen LogP contribution in [0.2, 0.25) is 0 Å². The summed E-state index contributed by atoms with van der Waals surface area (Å²) in [4.78, 5) is 10.8. The van der Waals surface area contributed by atoms with Gasteiger partial charge >= 0.3 is 0 Å². The average Bonchev–Trinajstić information content (AvgIpc) is 1.59. The molecule has 0 aliphatic carbocycles. The maximum Gasteiger partial charge on any atom is 0.251 e. The molecule has 1 nitrogen and oxygen atoms in total. The van der Waals surface area contributed by atoms with Gasteiger partial charge in [-0.2, -0.15) is 0 Å².